The monoisotopic (exact) mass is 242 g/mol. The molecular weight excluding hydrogens is 228 g/mol. The third-order valence-electron chi connectivity index (χ3n) is 3.34. The Hall–Kier alpha value is -1.94. The van der Waals surface area contributed by atoms with E-state index in [1.165, 1.54) is 0 Å². The van der Waals surface area contributed by atoms with Crippen LogP contribution in [-0.2, 0) is 10.3 Å². The molecule has 0 radical (unpaired) electrons. The number of nitrogens with one attached hydrogen (secondary N) is 1. The normalized spacial score (nSPS) is 23.1. The molecule has 1 N–H and O–H groups in total. The van der Waals surface area contributed by atoms with Crippen molar-refractivity contribution >= 4 is 0 Å². The predicted molar refractivity (Wildman–Crippen MR) is 67.3 cm³/mol. The van der Waals surface area contributed by atoms with Gasteiger partial charge in [-0.15, -0.1) is 0 Å². The summed E-state index contributed by atoms with van der Waals surface area (Å²) in [5.74, 6) is 0. The first kappa shape index (κ1) is 11.2. The van der Waals surface area contributed by atoms with Gasteiger partial charge in [0.25, 0.3) is 0 Å². The van der Waals surface area contributed by atoms with Gasteiger partial charge in [0.15, 0.2) is 0 Å². The molecule has 1 atom stereocenters. The Kier molecular flexibility index (Phi) is 2.72. The van der Waals surface area contributed by atoms with Gasteiger partial charge in [-0.25, -0.2) is 0 Å². The lowest BCUT2D eigenvalue weighted by Crippen LogP contribution is -2.29. The predicted octanol–water partition coefficient (Wildman–Crippen LogP) is 1.82. The quantitative estimate of drug-likeness (QED) is 0.874. The SMILES string of the molecule is O=c1cc(C2(c3ccccn3)CCCO2)cc[nH]1. The van der Waals surface area contributed by atoms with Crippen LogP contribution in [0, 0.1) is 0 Å². The fourth-order valence-electron chi connectivity index (χ4n) is 2.51. The van der Waals surface area contributed by atoms with E-state index in [0.717, 1.165) is 24.1 Å². The zero-order valence-electron chi connectivity index (χ0n) is 9.93. The van der Waals surface area contributed by atoms with Crippen molar-refractivity contribution in [3.8, 4) is 0 Å². The van der Waals surface area contributed by atoms with Crippen LogP contribution < -0.4 is 5.56 Å². The molecule has 1 aliphatic heterocycles. The number of H-pyrrole nitrogens is 1. The first-order chi connectivity index (χ1) is 8.81. The van der Waals surface area contributed by atoms with Gasteiger partial charge >= 0.3 is 0 Å². The number of hydrogen-bond donors (Lipinski definition) is 1. The lowest BCUT2D eigenvalue weighted by atomic mass is 9.88. The molecule has 1 fully saturated rings. The minimum atomic E-state index is -0.560. The van der Waals surface area contributed by atoms with Gasteiger partial charge in [-0.3, -0.25) is 9.78 Å². The van der Waals surface area contributed by atoms with Crippen LogP contribution in [-0.4, -0.2) is 16.6 Å². The zero-order valence-corrected chi connectivity index (χ0v) is 9.93. The molecular formula is C14H14N2O2. The summed E-state index contributed by atoms with van der Waals surface area (Å²) < 4.78 is 5.95. The lowest BCUT2D eigenvalue weighted by Gasteiger charge is -2.28. The van der Waals surface area contributed by atoms with E-state index in [2.05, 4.69) is 9.97 Å². The summed E-state index contributed by atoms with van der Waals surface area (Å²) >= 11 is 0. The van der Waals surface area contributed by atoms with Gasteiger partial charge in [-0.05, 0) is 36.6 Å². The standard InChI is InChI=1S/C14H14N2O2/c17-13-10-11(5-8-16-13)14(6-3-9-18-14)12-4-1-2-7-15-12/h1-2,4-5,7-8,10H,3,6,9H2,(H,16,17). The van der Waals surface area contributed by atoms with Gasteiger partial charge in [-0.1, -0.05) is 6.07 Å². The highest BCUT2D eigenvalue weighted by Gasteiger charge is 2.40. The lowest BCUT2D eigenvalue weighted by molar-refractivity contribution is 0.0323. The first-order valence-corrected chi connectivity index (χ1v) is 6.06. The van der Waals surface area contributed by atoms with E-state index in [9.17, 15) is 4.79 Å². The topological polar surface area (TPSA) is 55.0 Å². The molecule has 3 rings (SSSR count). The van der Waals surface area contributed by atoms with Crippen LogP contribution in [0.25, 0.3) is 0 Å². The van der Waals surface area contributed by atoms with Crippen molar-refractivity contribution in [2.24, 2.45) is 0 Å². The maximum absolute atomic E-state index is 11.5. The number of hydrogen-bond acceptors (Lipinski definition) is 3. The molecule has 2 aromatic heterocycles. The van der Waals surface area contributed by atoms with E-state index in [0.29, 0.717) is 6.61 Å². The Balaban J connectivity index is 2.16. The van der Waals surface area contributed by atoms with Gasteiger partial charge in [0.2, 0.25) is 5.56 Å². The first-order valence-electron chi connectivity index (χ1n) is 6.06. The minimum absolute atomic E-state index is 0.113. The number of rotatable bonds is 2. The van der Waals surface area contributed by atoms with E-state index in [1.54, 1.807) is 18.5 Å². The van der Waals surface area contributed by atoms with Crippen LogP contribution in [0.4, 0.5) is 0 Å². The fourth-order valence-corrected chi connectivity index (χ4v) is 2.51. The highest BCUT2D eigenvalue weighted by Crippen LogP contribution is 2.40. The Morgan fingerprint density at radius 3 is 2.94 bits per heavy atom. The zero-order chi connectivity index (χ0) is 12.4. The molecule has 0 aliphatic carbocycles. The maximum Gasteiger partial charge on any atom is 0.248 e. The highest BCUT2D eigenvalue weighted by atomic mass is 16.5. The van der Waals surface area contributed by atoms with E-state index < -0.39 is 5.60 Å². The van der Waals surface area contributed by atoms with Crippen molar-refractivity contribution in [2.45, 2.75) is 18.4 Å². The molecule has 1 saturated heterocycles. The fraction of sp³-hybridized carbons (Fsp3) is 0.286. The number of nitrogens with zero attached hydrogens (tertiary/aromatic N) is 1. The van der Waals surface area contributed by atoms with Crippen LogP contribution in [0.1, 0.15) is 24.1 Å². The second-order valence-electron chi connectivity index (χ2n) is 4.44. The van der Waals surface area contributed by atoms with Crippen molar-refractivity contribution in [3.63, 3.8) is 0 Å². The molecule has 2 aromatic rings. The number of pyridine rings is 2. The van der Waals surface area contributed by atoms with Crippen LogP contribution in [0.2, 0.25) is 0 Å². The van der Waals surface area contributed by atoms with Gasteiger partial charge in [0.05, 0.1) is 5.69 Å². The van der Waals surface area contributed by atoms with Gasteiger partial charge in [0, 0.05) is 25.1 Å². The van der Waals surface area contributed by atoms with E-state index in [1.807, 2.05) is 24.3 Å². The molecule has 0 saturated carbocycles. The second-order valence-corrected chi connectivity index (χ2v) is 4.44. The van der Waals surface area contributed by atoms with Gasteiger partial charge in [-0.2, -0.15) is 0 Å². The molecule has 0 amide bonds. The molecule has 4 nitrogen and oxygen atoms in total. The summed E-state index contributed by atoms with van der Waals surface area (Å²) in [6.45, 7) is 0.698. The minimum Gasteiger partial charge on any atom is -0.364 e. The average Bonchev–Trinajstić information content (AvgIpc) is 2.90. The highest BCUT2D eigenvalue weighted by molar-refractivity contribution is 5.32. The van der Waals surface area contributed by atoms with Crippen LogP contribution >= 0.6 is 0 Å². The molecule has 0 aromatic carbocycles. The van der Waals surface area contributed by atoms with Crippen molar-refractivity contribution in [1.82, 2.24) is 9.97 Å². The molecule has 3 heterocycles. The van der Waals surface area contributed by atoms with Crippen LogP contribution in [0.15, 0.2) is 47.5 Å². The Morgan fingerprint density at radius 1 is 1.33 bits per heavy atom. The molecule has 18 heavy (non-hydrogen) atoms. The smallest absolute Gasteiger partial charge is 0.248 e. The van der Waals surface area contributed by atoms with E-state index in [4.69, 9.17) is 4.74 Å². The third-order valence-corrected chi connectivity index (χ3v) is 3.34. The summed E-state index contributed by atoms with van der Waals surface area (Å²) in [6, 6.07) is 9.26. The van der Waals surface area contributed by atoms with E-state index in [-0.39, 0.29) is 5.56 Å². The average molecular weight is 242 g/mol. The summed E-state index contributed by atoms with van der Waals surface area (Å²) in [7, 11) is 0. The largest absolute Gasteiger partial charge is 0.364 e. The van der Waals surface area contributed by atoms with Crippen LogP contribution in [0.3, 0.4) is 0 Å². The molecule has 1 aliphatic rings. The van der Waals surface area contributed by atoms with Crippen molar-refractivity contribution in [2.75, 3.05) is 6.61 Å². The maximum atomic E-state index is 11.5. The molecule has 4 heteroatoms. The number of aromatic amines is 1. The third kappa shape index (κ3) is 1.75. The Morgan fingerprint density at radius 2 is 2.28 bits per heavy atom. The van der Waals surface area contributed by atoms with Crippen molar-refractivity contribution < 1.29 is 4.74 Å². The molecule has 92 valence electrons. The molecule has 0 spiro atoms. The van der Waals surface area contributed by atoms with Crippen molar-refractivity contribution in [1.29, 1.82) is 0 Å². The number of aromatic nitrogens is 2. The summed E-state index contributed by atoms with van der Waals surface area (Å²) in [5, 5.41) is 0. The number of ether oxygens (including phenoxy) is 1. The van der Waals surface area contributed by atoms with Crippen molar-refractivity contribution in [3.05, 3.63) is 64.3 Å². The summed E-state index contributed by atoms with van der Waals surface area (Å²) in [5.41, 5.74) is 1.07. The van der Waals surface area contributed by atoms with Gasteiger partial charge < -0.3 is 9.72 Å². The van der Waals surface area contributed by atoms with E-state index >= 15 is 0 Å². The molecule has 1 unspecified atom stereocenters. The second kappa shape index (κ2) is 4.38. The Labute approximate surface area is 105 Å². The Bertz CT molecular complexity index is 586. The van der Waals surface area contributed by atoms with Gasteiger partial charge in [0.1, 0.15) is 5.60 Å². The summed E-state index contributed by atoms with van der Waals surface area (Å²) in [6.07, 6.45) is 5.24. The summed E-state index contributed by atoms with van der Waals surface area (Å²) in [4.78, 5) is 18.5. The molecule has 0 bridgehead atoms. The van der Waals surface area contributed by atoms with Crippen LogP contribution in [0.5, 0.6) is 0 Å².